The monoisotopic (exact) mass is 546 g/mol. The summed E-state index contributed by atoms with van der Waals surface area (Å²) in [5.41, 5.74) is 7.23. The Bertz CT molecular complexity index is 1200. The largest absolute Gasteiger partial charge is 0.573 e. The van der Waals surface area contributed by atoms with E-state index in [1.165, 1.54) is 51.8 Å². The number of rotatable bonds is 14. The molecule has 0 amide bonds. The van der Waals surface area contributed by atoms with E-state index in [2.05, 4.69) is 73.6 Å². The molecule has 0 aliphatic rings. The first-order valence-corrected chi connectivity index (χ1v) is 14.0. The molecule has 7 heteroatoms. The van der Waals surface area contributed by atoms with Crippen LogP contribution in [0.5, 0.6) is 5.75 Å². The minimum Gasteiger partial charge on any atom is -0.406 e. The fourth-order valence-corrected chi connectivity index (χ4v) is 4.81. The highest BCUT2D eigenvalue weighted by atomic mass is 32.1. The van der Waals surface area contributed by atoms with Crippen LogP contribution in [0.25, 0.3) is 10.2 Å². The van der Waals surface area contributed by atoms with Gasteiger partial charge >= 0.3 is 6.36 Å². The molecule has 1 heterocycles. The third kappa shape index (κ3) is 13.2. The van der Waals surface area contributed by atoms with Crippen LogP contribution in [0, 0.1) is 0 Å². The smallest absolute Gasteiger partial charge is 0.406 e. The number of allylic oxidation sites excluding steroid dienone is 8. The zero-order chi connectivity index (χ0) is 28.1. The van der Waals surface area contributed by atoms with Gasteiger partial charge in [0.1, 0.15) is 5.75 Å². The van der Waals surface area contributed by atoms with Crippen LogP contribution < -0.4 is 4.74 Å². The highest BCUT2D eigenvalue weighted by Gasteiger charge is 2.31. The molecule has 2 aromatic rings. The summed E-state index contributed by atoms with van der Waals surface area (Å²) in [6.45, 7) is 12.9. The summed E-state index contributed by atoms with van der Waals surface area (Å²) in [6, 6.07) is 4.14. The summed E-state index contributed by atoms with van der Waals surface area (Å²) >= 11 is 1.26. The van der Waals surface area contributed by atoms with Gasteiger partial charge in [0.25, 0.3) is 0 Å². The van der Waals surface area contributed by atoms with Crippen molar-refractivity contribution in [2.45, 2.75) is 99.3 Å². The topological polar surface area (TPSA) is 34.5 Å². The summed E-state index contributed by atoms with van der Waals surface area (Å²) in [5, 5.41) is 0.543. The molecule has 1 aromatic carbocycles. The molecular weight excluding hydrogens is 505 g/mol. The van der Waals surface area contributed by atoms with E-state index >= 15 is 0 Å². The van der Waals surface area contributed by atoms with Crippen molar-refractivity contribution >= 4 is 32.4 Å². The molecule has 0 aliphatic heterocycles. The van der Waals surface area contributed by atoms with Gasteiger partial charge < -0.3 is 4.74 Å². The summed E-state index contributed by atoms with van der Waals surface area (Å²) in [4.78, 5) is 8.97. The van der Waals surface area contributed by atoms with Crippen LogP contribution in [-0.2, 0) is 0 Å². The van der Waals surface area contributed by atoms with Crippen molar-refractivity contribution in [2.75, 3.05) is 0 Å². The summed E-state index contributed by atoms with van der Waals surface area (Å²) in [5.74, 6) is -0.246. The van der Waals surface area contributed by atoms with E-state index in [0.29, 0.717) is 15.3 Å². The van der Waals surface area contributed by atoms with Crippen molar-refractivity contribution in [2.24, 2.45) is 4.99 Å². The second-order valence-electron chi connectivity index (χ2n) is 10.1. The van der Waals surface area contributed by atoms with Crippen LogP contribution in [0.1, 0.15) is 92.9 Å². The number of hydrogen-bond acceptors (Lipinski definition) is 4. The third-order valence-electron chi connectivity index (χ3n) is 6.02. The number of hydrogen-bond donors (Lipinski definition) is 0. The molecule has 0 radical (unpaired) electrons. The van der Waals surface area contributed by atoms with Crippen molar-refractivity contribution in [3.63, 3.8) is 0 Å². The molecule has 1 aromatic heterocycles. The number of ether oxygens (including phenoxy) is 1. The van der Waals surface area contributed by atoms with Gasteiger partial charge in [-0.25, -0.2) is 9.98 Å². The van der Waals surface area contributed by atoms with E-state index in [0.717, 1.165) is 57.1 Å². The minimum atomic E-state index is -4.71. The maximum atomic E-state index is 12.4. The lowest BCUT2D eigenvalue weighted by Gasteiger charge is -2.07. The van der Waals surface area contributed by atoms with Crippen LogP contribution in [0.15, 0.2) is 69.8 Å². The number of benzene rings is 1. The highest BCUT2D eigenvalue weighted by Crippen LogP contribution is 2.33. The number of alkyl halides is 3. The van der Waals surface area contributed by atoms with Crippen molar-refractivity contribution in [1.82, 2.24) is 4.98 Å². The average molecular weight is 547 g/mol. The molecule has 0 saturated heterocycles. The van der Waals surface area contributed by atoms with Crippen LogP contribution in [0.3, 0.4) is 0 Å². The summed E-state index contributed by atoms with van der Waals surface area (Å²) in [6.07, 6.45) is 12.9. The van der Waals surface area contributed by atoms with Gasteiger partial charge in [-0.3, -0.25) is 0 Å². The highest BCUT2D eigenvalue weighted by molar-refractivity contribution is 7.22. The van der Waals surface area contributed by atoms with E-state index in [4.69, 9.17) is 0 Å². The quantitative estimate of drug-likeness (QED) is 0.174. The molecule has 3 nitrogen and oxygen atoms in total. The van der Waals surface area contributed by atoms with Gasteiger partial charge in [-0.2, -0.15) is 0 Å². The second kappa shape index (κ2) is 15.7. The molecule has 38 heavy (non-hydrogen) atoms. The first-order chi connectivity index (χ1) is 17.9. The first-order valence-electron chi connectivity index (χ1n) is 13.2. The number of thiazole rings is 1. The zero-order valence-corrected chi connectivity index (χ0v) is 24.4. The van der Waals surface area contributed by atoms with Crippen molar-refractivity contribution in [3.05, 3.63) is 64.8 Å². The Labute approximate surface area is 229 Å². The molecular formula is C31H41F3N2OS. The van der Waals surface area contributed by atoms with Crippen LogP contribution in [-0.4, -0.2) is 17.1 Å². The fraction of sp³-hybridized carbons (Fsp3) is 0.484. The SMILES string of the molecule is CC(C)=CCCC(C)=CCCC(C)=CCCC(C)=CCCC(C)=Nc1nc2ccc(OC(F)(F)F)cc2s1. The maximum absolute atomic E-state index is 12.4. The molecule has 0 spiro atoms. The van der Waals surface area contributed by atoms with Gasteiger partial charge in [-0.05, 0) is 105 Å². The molecule has 0 atom stereocenters. The molecule has 0 fully saturated rings. The first kappa shape index (κ1) is 31.5. The Morgan fingerprint density at radius 2 is 1.34 bits per heavy atom. The van der Waals surface area contributed by atoms with E-state index in [9.17, 15) is 13.2 Å². The Morgan fingerprint density at radius 1 is 0.816 bits per heavy atom. The van der Waals surface area contributed by atoms with Crippen LogP contribution >= 0.6 is 11.3 Å². The molecule has 0 unspecified atom stereocenters. The Kier molecular flexibility index (Phi) is 13.0. The Hall–Kier alpha value is -2.67. The predicted molar refractivity (Wildman–Crippen MR) is 157 cm³/mol. The zero-order valence-electron chi connectivity index (χ0n) is 23.5. The normalized spacial score (nSPS) is 13.8. The minimum absolute atomic E-state index is 0.246. The van der Waals surface area contributed by atoms with Crippen LogP contribution in [0.4, 0.5) is 18.3 Å². The molecule has 0 saturated carbocycles. The lowest BCUT2D eigenvalue weighted by atomic mass is 10.0. The van der Waals surface area contributed by atoms with Crippen molar-refractivity contribution < 1.29 is 17.9 Å². The summed E-state index contributed by atoms with van der Waals surface area (Å²) < 4.78 is 41.9. The third-order valence-corrected chi connectivity index (χ3v) is 6.93. The molecule has 0 aliphatic carbocycles. The Balaban J connectivity index is 1.75. The van der Waals surface area contributed by atoms with E-state index in [1.807, 2.05) is 6.92 Å². The number of halogens is 3. The Morgan fingerprint density at radius 3 is 1.87 bits per heavy atom. The number of fused-ring (bicyclic) bond motifs is 1. The number of aromatic nitrogens is 1. The van der Waals surface area contributed by atoms with Gasteiger partial charge in [0.15, 0.2) is 0 Å². The van der Waals surface area contributed by atoms with E-state index < -0.39 is 6.36 Å². The average Bonchev–Trinajstić information content (AvgIpc) is 3.19. The summed E-state index contributed by atoms with van der Waals surface area (Å²) in [7, 11) is 0. The van der Waals surface area contributed by atoms with E-state index in [1.54, 1.807) is 0 Å². The number of nitrogens with zero attached hydrogens (tertiary/aromatic N) is 2. The second-order valence-corrected chi connectivity index (χ2v) is 11.1. The predicted octanol–water partition coefficient (Wildman–Crippen LogP) is 11.2. The lowest BCUT2D eigenvalue weighted by Crippen LogP contribution is -2.16. The van der Waals surface area contributed by atoms with Gasteiger partial charge in [-0.1, -0.05) is 57.9 Å². The van der Waals surface area contributed by atoms with Crippen LogP contribution in [0.2, 0.25) is 0 Å². The number of aliphatic imine (C=N–C) groups is 1. The molecule has 0 N–H and O–H groups in total. The molecule has 2 rings (SSSR count). The standard InChI is InChI=1S/C31H41F3N2OS/c1-22(2)11-7-12-23(3)13-8-14-24(4)15-9-16-25(5)17-10-18-26(6)35-30-36-28-20-19-27(21-29(28)38-30)37-31(32,33)34/h11,13,15,17,19-21H,7-10,12,14,16,18H2,1-6H3. The molecule has 208 valence electrons. The van der Waals surface area contributed by atoms with Gasteiger partial charge in [0, 0.05) is 11.8 Å². The van der Waals surface area contributed by atoms with Crippen molar-refractivity contribution in [1.29, 1.82) is 0 Å². The van der Waals surface area contributed by atoms with Crippen molar-refractivity contribution in [3.8, 4) is 5.75 Å². The fourth-order valence-electron chi connectivity index (χ4n) is 3.87. The maximum Gasteiger partial charge on any atom is 0.573 e. The van der Waals surface area contributed by atoms with Gasteiger partial charge in [-0.15, -0.1) is 13.2 Å². The molecule has 0 bridgehead atoms. The van der Waals surface area contributed by atoms with E-state index in [-0.39, 0.29) is 5.75 Å². The van der Waals surface area contributed by atoms with Gasteiger partial charge in [0.2, 0.25) is 5.13 Å². The van der Waals surface area contributed by atoms with Gasteiger partial charge in [0.05, 0.1) is 10.2 Å². The lowest BCUT2D eigenvalue weighted by molar-refractivity contribution is -0.274.